The van der Waals surface area contributed by atoms with Gasteiger partial charge < -0.3 is 15.0 Å². The summed E-state index contributed by atoms with van der Waals surface area (Å²) in [6, 6.07) is 7.58. The van der Waals surface area contributed by atoms with Gasteiger partial charge in [-0.25, -0.2) is 0 Å². The van der Waals surface area contributed by atoms with Crippen LogP contribution in [0.25, 0.3) is 0 Å². The molecule has 0 spiro atoms. The monoisotopic (exact) mass is 320 g/mol. The summed E-state index contributed by atoms with van der Waals surface area (Å²) >= 11 is 0. The summed E-state index contributed by atoms with van der Waals surface area (Å²) in [5.41, 5.74) is 1.02. The molecule has 0 fully saturated rings. The Morgan fingerprint density at radius 3 is 2.39 bits per heavy atom. The van der Waals surface area contributed by atoms with Crippen molar-refractivity contribution in [2.24, 2.45) is 0 Å². The van der Waals surface area contributed by atoms with E-state index in [9.17, 15) is 9.59 Å². The normalized spacial score (nSPS) is 10.2. The first kappa shape index (κ1) is 19.0. The van der Waals surface area contributed by atoms with Crippen LogP contribution in [0, 0.1) is 0 Å². The van der Waals surface area contributed by atoms with Crippen molar-refractivity contribution >= 4 is 11.8 Å². The number of nitrogens with zero attached hydrogens (tertiary/aromatic N) is 1. The van der Waals surface area contributed by atoms with Gasteiger partial charge >= 0.3 is 0 Å². The van der Waals surface area contributed by atoms with Gasteiger partial charge in [0.05, 0.1) is 7.11 Å². The first-order valence-corrected chi connectivity index (χ1v) is 8.22. The number of ether oxygens (including phenoxy) is 1. The van der Waals surface area contributed by atoms with Gasteiger partial charge in [-0.2, -0.15) is 0 Å². The minimum absolute atomic E-state index is 0.0315. The van der Waals surface area contributed by atoms with Gasteiger partial charge in [0.1, 0.15) is 5.75 Å². The zero-order chi connectivity index (χ0) is 17.1. The van der Waals surface area contributed by atoms with Gasteiger partial charge in [0, 0.05) is 33.0 Å². The van der Waals surface area contributed by atoms with Crippen molar-refractivity contribution in [3.63, 3.8) is 0 Å². The Labute approximate surface area is 139 Å². The standard InChI is InChI=1S/C18H28N2O3/c1-4-5-6-12-20(15(2)21)13-11-18(22)19-14-16-7-9-17(23-3)10-8-16/h7-10H,4-6,11-14H2,1-3H3,(H,19,22). The molecule has 128 valence electrons. The fraction of sp³-hybridized carbons (Fsp3) is 0.556. The lowest BCUT2D eigenvalue weighted by atomic mass is 10.2. The summed E-state index contributed by atoms with van der Waals surface area (Å²) in [6.45, 7) is 5.38. The second kappa shape index (κ2) is 10.6. The smallest absolute Gasteiger partial charge is 0.222 e. The lowest BCUT2D eigenvalue weighted by molar-refractivity contribution is -0.129. The highest BCUT2D eigenvalue weighted by molar-refractivity contribution is 5.78. The van der Waals surface area contributed by atoms with Crippen LogP contribution in [0.2, 0.25) is 0 Å². The summed E-state index contributed by atoms with van der Waals surface area (Å²) in [5, 5.41) is 2.88. The Kier molecular flexibility index (Phi) is 8.80. The molecule has 0 aliphatic heterocycles. The molecule has 0 atom stereocenters. The van der Waals surface area contributed by atoms with E-state index in [1.54, 1.807) is 18.9 Å². The number of carbonyl (C=O) groups excluding carboxylic acids is 2. The predicted molar refractivity (Wildman–Crippen MR) is 91.2 cm³/mol. The third-order valence-electron chi connectivity index (χ3n) is 3.73. The molecule has 1 aromatic rings. The summed E-state index contributed by atoms with van der Waals surface area (Å²) in [4.78, 5) is 25.2. The number of benzene rings is 1. The van der Waals surface area contributed by atoms with Gasteiger partial charge in [0.25, 0.3) is 0 Å². The van der Waals surface area contributed by atoms with Gasteiger partial charge in [-0.05, 0) is 24.1 Å². The molecule has 0 radical (unpaired) electrons. The highest BCUT2D eigenvalue weighted by Crippen LogP contribution is 2.11. The third kappa shape index (κ3) is 7.68. The van der Waals surface area contributed by atoms with Gasteiger partial charge in [0.15, 0.2) is 0 Å². The molecule has 2 amide bonds. The second-order valence-corrected chi connectivity index (χ2v) is 5.59. The zero-order valence-electron chi connectivity index (χ0n) is 14.4. The van der Waals surface area contributed by atoms with E-state index in [0.717, 1.165) is 37.1 Å². The Hall–Kier alpha value is -2.04. The van der Waals surface area contributed by atoms with E-state index in [-0.39, 0.29) is 11.8 Å². The van der Waals surface area contributed by atoms with Gasteiger partial charge in [-0.15, -0.1) is 0 Å². The SMILES string of the molecule is CCCCCN(CCC(=O)NCc1ccc(OC)cc1)C(C)=O. The van der Waals surface area contributed by atoms with E-state index >= 15 is 0 Å². The topological polar surface area (TPSA) is 58.6 Å². The van der Waals surface area contributed by atoms with Crippen LogP contribution in [0.4, 0.5) is 0 Å². The van der Waals surface area contributed by atoms with Crippen molar-refractivity contribution in [1.82, 2.24) is 10.2 Å². The largest absolute Gasteiger partial charge is 0.497 e. The number of carbonyl (C=O) groups is 2. The third-order valence-corrected chi connectivity index (χ3v) is 3.73. The molecular weight excluding hydrogens is 292 g/mol. The molecule has 1 N–H and O–H groups in total. The average Bonchev–Trinajstić information content (AvgIpc) is 2.56. The van der Waals surface area contributed by atoms with E-state index in [0.29, 0.717) is 19.5 Å². The maximum Gasteiger partial charge on any atom is 0.222 e. The fourth-order valence-corrected chi connectivity index (χ4v) is 2.25. The van der Waals surface area contributed by atoms with E-state index in [1.165, 1.54) is 0 Å². The van der Waals surface area contributed by atoms with Crippen LogP contribution in [-0.4, -0.2) is 36.9 Å². The molecule has 23 heavy (non-hydrogen) atoms. The van der Waals surface area contributed by atoms with Crippen LogP contribution < -0.4 is 10.1 Å². The van der Waals surface area contributed by atoms with Crippen molar-refractivity contribution in [1.29, 1.82) is 0 Å². The Balaban J connectivity index is 2.32. The quantitative estimate of drug-likeness (QED) is 0.674. The number of nitrogens with one attached hydrogen (secondary N) is 1. The molecule has 0 aromatic heterocycles. The first-order valence-electron chi connectivity index (χ1n) is 8.22. The maximum absolute atomic E-state index is 11.9. The zero-order valence-corrected chi connectivity index (χ0v) is 14.4. The first-order chi connectivity index (χ1) is 11.1. The number of amides is 2. The molecule has 0 unspecified atom stereocenters. The Morgan fingerprint density at radius 2 is 1.83 bits per heavy atom. The maximum atomic E-state index is 11.9. The van der Waals surface area contributed by atoms with Crippen molar-refractivity contribution in [3.8, 4) is 5.75 Å². The van der Waals surface area contributed by atoms with Gasteiger partial charge in [-0.1, -0.05) is 31.9 Å². The molecule has 0 aliphatic rings. The minimum atomic E-state index is -0.0393. The van der Waals surface area contributed by atoms with Crippen LogP contribution >= 0.6 is 0 Å². The molecule has 0 saturated heterocycles. The number of rotatable bonds is 10. The van der Waals surface area contributed by atoms with Crippen LogP contribution in [0.1, 0.15) is 45.1 Å². The van der Waals surface area contributed by atoms with Gasteiger partial charge in [-0.3, -0.25) is 9.59 Å². The molecule has 0 bridgehead atoms. The van der Waals surface area contributed by atoms with E-state index in [1.807, 2.05) is 24.3 Å². The van der Waals surface area contributed by atoms with Crippen LogP contribution in [0.5, 0.6) is 5.75 Å². The molecule has 1 aromatic carbocycles. The summed E-state index contributed by atoms with van der Waals surface area (Å²) in [6.07, 6.45) is 3.55. The molecular formula is C18H28N2O3. The van der Waals surface area contributed by atoms with E-state index in [4.69, 9.17) is 4.74 Å². The number of methoxy groups -OCH3 is 1. The molecule has 0 heterocycles. The lowest BCUT2D eigenvalue weighted by Gasteiger charge is -2.20. The van der Waals surface area contributed by atoms with Crippen LogP contribution in [0.15, 0.2) is 24.3 Å². The highest BCUT2D eigenvalue weighted by Gasteiger charge is 2.10. The van der Waals surface area contributed by atoms with Crippen molar-refractivity contribution in [2.45, 2.75) is 46.1 Å². The van der Waals surface area contributed by atoms with Crippen molar-refractivity contribution in [2.75, 3.05) is 20.2 Å². The van der Waals surface area contributed by atoms with E-state index in [2.05, 4.69) is 12.2 Å². The molecule has 1 rings (SSSR count). The molecule has 0 aliphatic carbocycles. The Morgan fingerprint density at radius 1 is 1.13 bits per heavy atom. The van der Waals surface area contributed by atoms with Crippen LogP contribution in [0.3, 0.4) is 0 Å². The Bertz CT molecular complexity index is 486. The number of hydrogen-bond donors (Lipinski definition) is 1. The number of unbranched alkanes of at least 4 members (excludes halogenated alkanes) is 2. The fourth-order valence-electron chi connectivity index (χ4n) is 2.25. The lowest BCUT2D eigenvalue weighted by Crippen LogP contribution is -2.34. The average molecular weight is 320 g/mol. The van der Waals surface area contributed by atoms with Crippen molar-refractivity contribution < 1.29 is 14.3 Å². The molecule has 0 saturated carbocycles. The van der Waals surface area contributed by atoms with Gasteiger partial charge in [0.2, 0.25) is 11.8 Å². The summed E-state index contributed by atoms with van der Waals surface area (Å²) in [7, 11) is 1.62. The van der Waals surface area contributed by atoms with Crippen molar-refractivity contribution in [3.05, 3.63) is 29.8 Å². The summed E-state index contributed by atoms with van der Waals surface area (Å²) in [5.74, 6) is 0.788. The molecule has 5 nitrogen and oxygen atoms in total. The highest BCUT2D eigenvalue weighted by atomic mass is 16.5. The molecule has 5 heteroatoms. The van der Waals surface area contributed by atoms with E-state index < -0.39 is 0 Å². The minimum Gasteiger partial charge on any atom is -0.497 e. The summed E-state index contributed by atoms with van der Waals surface area (Å²) < 4.78 is 5.10. The van der Waals surface area contributed by atoms with Crippen LogP contribution in [-0.2, 0) is 16.1 Å². The second-order valence-electron chi connectivity index (χ2n) is 5.59. The number of hydrogen-bond acceptors (Lipinski definition) is 3. The predicted octanol–water partition coefficient (Wildman–Crippen LogP) is 2.74.